The molecular formula is C38H37ClN2O6. The monoisotopic (exact) mass is 652 g/mol. The lowest BCUT2D eigenvalue weighted by atomic mass is 9.84. The molecule has 2 N–H and O–H groups in total. The van der Waals surface area contributed by atoms with Crippen molar-refractivity contribution in [3.63, 3.8) is 0 Å². The van der Waals surface area contributed by atoms with Crippen molar-refractivity contribution in [2.24, 2.45) is 0 Å². The molecule has 0 radical (unpaired) electrons. The molecule has 0 bridgehead atoms. The number of carbonyl (C=O) groups is 2. The normalized spacial score (nSPS) is 22.0. The van der Waals surface area contributed by atoms with Gasteiger partial charge in [-0.3, -0.25) is 0 Å². The van der Waals surface area contributed by atoms with E-state index in [0.29, 0.717) is 35.8 Å². The molecule has 0 spiro atoms. The number of ether oxygens (including phenoxy) is 2. The van der Waals surface area contributed by atoms with Crippen molar-refractivity contribution in [3.05, 3.63) is 130 Å². The van der Waals surface area contributed by atoms with Crippen LogP contribution in [0.15, 0.2) is 103 Å². The van der Waals surface area contributed by atoms with E-state index in [2.05, 4.69) is 96.7 Å². The number of hydrogen-bond donors (Lipinski definition) is 2. The molecule has 47 heavy (non-hydrogen) atoms. The molecule has 0 aliphatic carbocycles. The second-order valence-electron chi connectivity index (χ2n) is 12.4. The van der Waals surface area contributed by atoms with Crippen LogP contribution in [0.25, 0.3) is 0 Å². The predicted octanol–water partition coefficient (Wildman–Crippen LogP) is 7.58. The fourth-order valence-corrected chi connectivity index (χ4v) is 7.36. The van der Waals surface area contributed by atoms with E-state index >= 15 is 0 Å². The molecule has 0 aromatic heterocycles. The summed E-state index contributed by atoms with van der Waals surface area (Å²) in [5, 5.41) is 16.4. The molecule has 4 aliphatic rings. The Morgan fingerprint density at radius 3 is 1.32 bits per heavy atom. The van der Waals surface area contributed by atoms with E-state index in [-0.39, 0.29) is 0 Å². The minimum absolute atomic E-state index is 0.456. The molecule has 4 aromatic rings. The second kappa shape index (κ2) is 14.0. The van der Waals surface area contributed by atoms with Crippen LogP contribution in [-0.4, -0.2) is 72.2 Å². The van der Waals surface area contributed by atoms with Crippen molar-refractivity contribution in [3.8, 4) is 23.0 Å². The van der Waals surface area contributed by atoms with Gasteiger partial charge in [-0.1, -0.05) is 66.2 Å². The molecule has 4 atom stereocenters. The number of carboxylic acid groups (broad SMARTS) is 2. The van der Waals surface area contributed by atoms with Crippen molar-refractivity contribution >= 4 is 23.5 Å². The zero-order chi connectivity index (χ0) is 33.1. The summed E-state index contributed by atoms with van der Waals surface area (Å²) in [5.41, 5.74) is 5.26. The van der Waals surface area contributed by atoms with E-state index in [4.69, 9.17) is 31.3 Å². The largest absolute Gasteiger partial charge is 0.478 e. The standard InChI is InChI=1S/C17H16ClNO.C17H17NO.C4H4O4/c1-19-9-14-12-4-2-3-5-16(12)20-17-7-6-11(18)8-13(17)15(14)10-19;1-18-10-14-12-6-2-4-8-16(12)19-17-9-5-3-7-13(17)15(14)11-18;5-3(6)1-2-4(7)8/h2-8,14-15H,9-10H2,1H3;2-9,14-15H,10-11H2,1H3;1-2H,(H,5,6)(H,7,8)/b;;2-1-/t14-,15+;14-,15-;/m10./s1. The van der Waals surface area contributed by atoms with Gasteiger partial charge in [0.1, 0.15) is 23.0 Å². The summed E-state index contributed by atoms with van der Waals surface area (Å²) in [5.74, 6) is 3.50. The van der Waals surface area contributed by atoms with Gasteiger partial charge in [0.2, 0.25) is 0 Å². The molecule has 0 amide bonds. The number of fused-ring (bicyclic) bond motifs is 10. The number of benzene rings is 4. The van der Waals surface area contributed by atoms with Crippen LogP contribution < -0.4 is 9.47 Å². The molecule has 2 fully saturated rings. The number of para-hydroxylation sites is 3. The summed E-state index contributed by atoms with van der Waals surface area (Å²) in [7, 11) is 4.39. The SMILES string of the molecule is CN1C[C@@H]2c3ccccc3Oc3ccc(Cl)cc3[C@@H]2C1.CN1C[C@H]2c3ccccc3Oc3ccccc3[C@@H]2C1.O=C(O)/C=C\C(=O)O. The predicted molar refractivity (Wildman–Crippen MR) is 181 cm³/mol. The summed E-state index contributed by atoms with van der Waals surface area (Å²) < 4.78 is 12.3. The van der Waals surface area contributed by atoms with Gasteiger partial charge in [-0.25, -0.2) is 9.59 Å². The highest BCUT2D eigenvalue weighted by molar-refractivity contribution is 6.30. The first-order valence-corrected chi connectivity index (χ1v) is 16.0. The maximum atomic E-state index is 9.55. The maximum Gasteiger partial charge on any atom is 0.328 e. The van der Waals surface area contributed by atoms with Crippen LogP contribution in [0, 0.1) is 0 Å². The second-order valence-corrected chi connectivity index (χ2v) is 12.8. The number of halogens is 1. The number of likely N-dealkylation sites (N-methyl/N-ethyl adjacent to an activating group) is 2. The van der Waals surface area contributed by atoms with Crippen molar-refractivity contribution in [2.45, 2.75) is 23.7 Å². The third kappa shape index (κ3) is 7.20. The lowest BCUT2D eigenvalue weighted by molar-refractivity contribution is -0.134. The van der Waals surface area contributed by atoms with Crippen molar-refractivity contribution in [2.75, 3.05) is 40.3 Å². The third-order valence-corrected chi connectivity index (χ3v) is 9.38. The molecule has 0 unspecified atom stereocenters. The Balaban J connectivity index is 0.000000135. The van der Waals surface area contributed by atoms with Gasteiger partial charge < -0.3 is 29.5 Å². The molecular weight excluding hydrogens is 616 g/mol. The third-order valence-electron chi connectivity index (χ3n) is 9.14. The van der Waals surface area contributed by atoms with Crippen LogP contribution in [0.3, 0.4) is 0 Å². The number of nitrogens with zero attached hydrogens (tertiary/aromatic N) is 2. The number of rotatable bonds is 2. The maximum absolute atomic E-state index is 9.55. The first kappa shape index (κ1) is 32.3. The summed E-state index contributed by atoms with van der Waals surface area (Å²) in [4.78, 5) is 23.9. The van der Waals surface area contributed by atoms with Gasteiger partial charge in [-0.2, -0.15) is 0 Å². The first-order chi connectivity index (χ1) is 22.7. The van der Waals surface area contributed by atoms with Crippen LogP contribution in [0.5, 0.6) is 23.0 Å². The zero-order valence-electron chi connectivity index (χ0n) is 26.3. The highest BCUT2D eigenvalue weighted by Crippen LogP contribution is 2.50. The summed E-state index contributed by atoms with van der Waals surface area (Å²) in [6, 6.07) is 31.3. The molecule has 8 rings (SSSR count). The lowest BCUT2D eigenvalue weighted by Crippen LogP contribution is -2.14. The van der Waals surface area contributed by atoms with Crippen molar-refractivity contribution in [1.82, 2.24) is 9.80 Å². The van der Waals surface area contributed by atoms with E-state index in [1.165, 1.54) is 22.3 Å². The van der Waals surface area contributed by atoms with Gasteiger partial charge in [-0.05, 0) is 67.2 Å². The minimum Gasteiger partial charge on any atom is -0.478 e. The van der Waals surface area contributed by atoms with Gasteiger partial charge in [0.25, 0.3) is 0 Å². The fourth-order valence-electron chi connectivity index (χ4n) is 7.18. The smallest absolute Gasteiger partial charge is 0.328 e. The zero-order valence-corrected chi connectivity index (χ0v) is 27.0. The number of hydrogen-bond acceptors (Lipinski definition) is 6. The molecule has 4 aliphatic heterocycles. The van der Waals surface area contributed by atoms with Crippen LogP contribution in [0.2, 0.25) is 5.02 Å². The Morgan fingerprint density at radius 1 is 0.596 bits per heavy atom. The van der Waals surface area contributed by atoms with Crippen molar-refractivity contribution in [1.29, 1.82) is 0 Å². The minimum atomic E-state index is -1.26. The molecule has 0 saturated carbocycles. The van der Waals surface area contributed by atoms with Crippen molar-refractivity contribution < 1.29 is 29.3 Å². The number of carboxylic acids is 2. The average molecular weight is 653 g/mol. The molecule has 9 heteroatoms. The van der Waals surface area contributed by atoms with Crippen LogP contribution >= 0.6 is 11.6 Å². The molecule has 242 valence electrons. The van der Waals surface area contributed by atoms with Crippen LogP contribution in [0.4, 0.5) is 0 Å². The quantitative estimate of drug-likeness (QED) is 0.214. The van der Waals surface area contributed by atoms with Gasteiger partial charge in [-0.15, -0.1) is 0 Å². The van der Waals surface area contributed by atoms with Gasteiger partial charge in [0, 0.05) is 72.6 Å². The highest BCUT2D eigenvalue weighted by Gasteiger charge is 2.39. The Bertz CT molecular complexity index is 1740. The molecule has 4 aromatic carbocycles. The van der Waals surface area contributed by atoms with Crippen LogP contribution in [-0.2, 0) is 9.59 Å². The highest BCUT2D eigenvalue weighted by atomic mass is 35.5. The Labute approximate surface area is 279 Å². The van der Waals surface area contributed by atoms with Crippen LogP contribution in [0.1, 0.15) is 45.9 Å². The summed E-state index contributed by atoms with van der Waals surface area (Å²) in [6.07, 6.45) is 1.12. The molecule has 4 heterocycles. The van der Waals surface area contributed by atoms with E-state index in [9.17, 15) is 9.59 Å². The van der Waals surface area contributed by atoms with E-state index in [1.807, 2.05) is 18.2 Å². The van der Waals surface area contributed by atoms with Gasteiger partial charge in [0.05, 0.1) is 0 Å². The average Bonchev–Trinajstić information content (AvgIpc) is 3.57. The van der Waals surface area contributed by atoms with E-state index < -0.39 is 11.9 Å². The number of aliphatic carboxylic acids is 2. The first-order valence-electron chi connectivity index (χ1n) is 15.6. The fraction of sp³-hybridized carbons (Fsp3) is 0.263. The van der Waals surface area contributed by atoms with Gasteiger partial charge in [0.15, 0.2) is 0 Å². The molecule has 2 saturated heterocycles. The lowest BCUT2D eigenvalue weighted by Gasteiger charge is -2.17. The van der Waals surface area contributed by atoms with E-state index in [1.54, 1.807) is 0 Å². The summed E-state index contributed by atoms with van der Waals surface area (Å²) >= 11 is 6.20. The summed E-state index contributed by atoms with van der Waals surface area (Å²) in [6.45, 7) is 4.34. The topological polar surface area (TPSA) is 99.5 Å². The Kier molecular flexibility index (Phi) is 9.63. The van der Waals surface area contributed by atoms with E-state index in [0.717, 1.165) is 54.2 Å². The Hall–Kier alpha value is -4.63. The molecule has 8 nitrogen and oxygen atoms in total. The van der Waals surface area contributed by atoms with Gasteiger partial charge >= 0.3 is 11.9 Å². The number of likely N-dealkylation sites (tertiary alicyclic amines) is 2. The Morgan fingerprint density at radius 2 is 0.936 bits per heavy atom.